The number of hydrogen-bond acceptors (Lipinski definition) is 3. The number of aliphatic hydroxyl groups excluding tert-OH is 1. The lowest BCUT2D eigenvalue weighted by Crippen LogP contribution is -2.44. The maximum atomic E-state index is 8.99. The molecule has 3 heteroatoms. The Balaban J connectivity index is 2.33. The first kappa shape index (κ1) is 13.9. The van der Waals surface area contributed by atoms with E-state index in [-0.39, 0.29) is 6.61 Å². The Morgan fingerprint density at radius 3 is 2.62 bits per heavy atom. The molecule has 0 heterocycles. The zero-order valence-electron chi connectivity index (χ0n) is 10.9. The highest BCUT2D eigenvalue weighted by molar-refractivity contribution is 4.82. The van der Waals surface area contributed by atoms with Crippen molar-refractivity contribution in [1.82, 2.24) is 5.32 Å². The lowest BCUT2D eigenvalue weighted by molar-refractivity contribution is 0.128. The molecule has 0 aliphatic heterocycles. The van der Waals surface area contributed by atoms with Crippen LogP contribution in [0.4, 0.5) is 0 Å². The molecule has 0 saturated heterocycles. The van der Waals surface area contributed by atoms with Crippen LogP contribution in [-0.2, 0) is 4.74 Å². The Hall–Kier alpha value is -0.120. The third-order valence-corrected chi connectivity index (χ3v) is 3.91. The predicted octanol–water partition coefficient (Wildman–Crippen LogP) is 1.80. The summed E-state index contributed by atoms with van der Waals surface area (Å²) in [6, 6.07) is 0.915. The molecular weight excluding hydrogens is 202 g/mol. The van der Waals surface area contributed by atoms with Gasteiger partial charge in [-0.25, -0.2) is 0 Å². The Morgan fingerprint density at radius 1 is 1.31 bits per heavy atom. The maximum Gasteiger partial charge on any atom is 0.0616 e. The fourth-order valence-corrected chi connectivity index (χ4v) is 2.60. The highest BCUT2D eigenvalue weighted by Gasteiger charge is 2.25. The number of rotatable bonds is 6. The summed E-state index contributed by atoms with van der Waals surface area (Å²) in [5, 5.41) is 12.6. The molecule has 0 aromatic rings. The van der Waals surface area contributed by atoms with Gasteiger partial charge in [0.25, 0.3) is 0 Å². The summed E-state index contributed by atoms with van der Waals surface area (Å²) in [5.74, 6) is 1.67. The second kappa shape index (κ2) is 7.25. The van der Waals surface area contributed by atoms with Crippen molar-refractivity contribution in [3.05, 3.63) is 0 Å². The molecule has 1 rings (SSSR count). The van der Waals surface area contributed by atoms with Crippen LogP contribution in [0.15, 0.2) is 0 Å². The minimum Gasteiger partial charge on any atom is -0.396 e. The second-order valence-electron chi connectivity index (χ2n) is 5.30. The van der Waals surface area contributed by atoms with Gasteiger partial charge in [0.2, 0.25) is 0 Å². The summed E-state index contributed by atoms with van der Waals surface area (Å²) in [4.78, 5) is 0. The quantitative estimate of drug-likeness (QED) is 0.730. The number of methoxy groups -OCH3 is 1. The van der Waals surface area contributed by atoms with Crippen LogP contribution in [0.25, 0.3) is 0 Å². The summed E-state index contributed by atoms with van der Waals surface area (Å²) in [6.07, 6.45) is 4.62. The van der Waals surface area contributed by atoms with Gasteiger partial charge in [0, 0.05) is 25.8 Å². The van der Waals surface area contributed by atoms with Crippen molar-refractivity contribution in [3.8, 4) is 0 Å². The first-order valence-corrected chi connectivity index (χ1v) is 6.53. The Kier molecular flexibility index (Phi) is 6.32. The molecule has 16 heavy (non-hydrogen) atoms. The van der Waals surface area contributed by atoms with Gasteiger partial charge in [-0.15, -0.1) is 0 Å². The van der Waals surface area contributed by atoms with Gasteiger partial charge < -0.3 is 15.2 Å². The lowest BCUT2D eigenvalue weighted by Gasteiger charge is -2.34. The summed E-state index contributed by atoms with van der Waals surface area (Å²) < 4.78 is 5.17. The van der Waals surface area contributed by atoms with Crippen LogP contribution < -0.4 is 5.32 Å². The molecule has 4 atom stereocenters. The second-order valence-corrected chi connectivity index (χ2v) is 5.30. The normalized spacial score (nSPS) is 32.6. The summed E-state index contributed by atoms with van der Waals surface area (Å²) in [6.45, 7) is 5.62. The van der Waals surface area contributed by atoms with Gasteiger partial charge in [0.05, 0.1) is 6.61 Å². The Morgan fingerprint density at radius 2 is 2.06 bits per heavy atom. The lowest BCUT2D eigenvalue weighted by atomic mass is 9.79. The van der Waals surface area contributed by atoms with Crippen molar-refractivity contribution in [2.45, 2.75) is 51.6 Å². The smallest absolute Gasteiger partial charge is 0.0616 e. The van der Waals surface area contributed by atoms with Crippen LogP contribution in [-0.4, -0.2) is 37.5 Å². The predicted molar refractivity (Wildman–Crippen MR) is 66.5 cm³/mol. The molecule has 1 aliphatic carbocycles. The van der Waals surface area contributed by atoms with Gasteiger partial charge in [-0.2, -0.15) is 0 Å². The highest BCUT2D eigenvalue weighted by atomic mass is 16.5. The van der Waals surface area contributed by atoms with E-state index in [4.69, 9.17) is 9.84 Å². The van der Waals surface area contributed by atoms with E-state index < -0.39 is 0 Å². The van der Waals surface area contributed by atoms with Crippen LogP contribution in [0.1, 0.15) is 39.5 Å². The van der Waals surface area contributed by atoms with E-state index >= 15 is 0 Å². The monoisotopic (exact) mass is 229 g/mol. The fraction of sp³-hybridized carbons (Fsp3) is 1.00. The minimum absolute atomic E-state index is 0.236. The van der Waals surface area contributed by atoms with Crippen molar-refractivity contribution in [3.63, 3.8) is 0 Å². The minimum atomic E-state index is 0.236. The molecule has 0 bridgehead atoms. The van der Waals surface area contributed by atoms with Crippen molar-refractivity contribution in [2.75, 3.05) is 20.3 Å². The zero-order chi connectivity index (χ0) is 12.0. The Labute approximate surface area is 99.6 Å². The molecule has 0 aromatic carbocycles. The van der Waals surface area contributed by atoms with E-state index in [9.17, 15) is 0 Å². The first-order chi connectivity index (χ1) is 7.67. The van der Waals surface area contributed by atoms with Crippen LogP contribution in [0.5, 0.6) is 0 Å². The fourth-order valence-electron chi connectivity index (χ4n) is 2.60. The third kappa shape index (κ3) is 4.40. The van der Waals surface area contributed by atoms with Gasteiger partial charge in [0.15, 0.2) is 0 Å². The van der Waals surface area contributed by atoms with Gasteiger partial charge in [0.1, 0.15) is 0 Å². The number of aliphatic hydroxyl groups is 1. The summed E-state index contributed by atoms with van der Waals surface area (Å²) in [5.41, 5.74) is 0. The topological polar surface area (TPSA) is 41.5 Å². The van der Waals surface area contributed by atoms with Crippen LogP contribution in [0.2, 0.25) is 0 Å². The first-order valence-electron chi connectivity index (χ1n) is 6.53. The third-order valence-electron chi connectivity index (χ3n) is 3.91. The molecule has 0 aromatic heterocycles. The summed E-state index contributed by atoms with van der Waals surface area (Å²) in [7, 11) is 1.72. The maximum absolute atomic E-state index is 8.99. The van der Waals surface area contributed by atoms with Crippen molar-refractivity contribution in [2.24, 2.45) is 11.8 Å². The van der Waals surface area contributed by atoms with E-state index in [0.29, 0.717) is 18.7 Å². The van der Waals surface area contributed by atoms with Crippen molar-refractivity contribution in [1.29, 1.82) is 0 Å². The number of nitrogens with one attached hydrogen (secondary N) is 1. The van der Waals surface area contributed by atoms with E-state index in [1.807, 2.05) is 0 Å². The van der Waals surface area contributed by atoms with E-state index in [1.165, 1.54) is 19.3 Å². The average molecular weight is 229 g/mol. The molecule has 0 radical (unpaired) electrons. The number of ether oxygens (including phenoxy) is 1. The van der Waals surface area contributed by atoms with Gasteiger partial charge in [-0.3, -0.25) is 0 Å². The van der Waals surface area contributed by atoms with E-state index in [2.05, 4.69) is 19.2 Å². The molecule has 0 spiro atoms. The van der Waals surface area contributed by atoms with Crippen LogP contribution in [0, 0.1) is 11.8 Å². The molecule has 1 aliphatic rings. The van der Waals surface area contributed by atoms with Gasteiger partial charge >= 0.3 is 0 Å². The Bertz CT molecular complexity index is 181. The molecule has 96 valence electrons. The van der Waals surface area contributed by atoms with Gasteiger partial charge in [-0.1, -0.05) is 13.8 Å². The van der Waals surface area contributed by atoms with E-state index in [1.54, 1.807) is 7.11 Å². The molecule has 3 nitrogen and oxygen atoms in total. The van der Waals surface area contributed by atoms with Crippen LogP contribution in [0.3, 0.4) is 0 Å². The highest BCUT2D eigenvalue weighted by Crippen LogP contribution is 2.29. The van der Waals surface area contributed by atoms with E-state index in [0.717, 1.165) is 18.3 Å². The average Bonchev–Trinajstić information content (AvgIpc) is 2.24. The molecule has 2 N–H and O–H groups in total. The van der Waals surface area contributed by atoms with Gasteiger partial charge in [-0.05, 0) is 37.5 Å². The zero-order valence-corrected chi connectivity index (χ0v) is 10.9. The summed E-state index contributed by atoms with van der Waals surface area (Å²) >= 11 is 0. The standard InChI is InChI=1S/C13H27NO2/c1-10-4-5-12(8-11(10)2)14-13(6-7-15)9-16-3/h10-15H,4-9H2,1-3H3. The van der Waals surface area contributed by atoms with Crippen molar-refractivity contribution >= 4 is 0 Å². The molecule has 1 saturated carbocycles. The van der Waals surface area contributed by atoms with Crippen LogP contribution >= 0.6 is 0 Å². The molecule has 1 fully saturated rings. The molecule has 0 amide bonds. The largest absolute Gasteiger partial charge is 0.396 e. The van der Waals surface area contributed by atoms with Crippen molar-refractivity contribution < 1.29 is 9.84 Å². The SMILES string of the molecule is COCC(CCO)NC1CCC(C)C(C)C1. The molecular formula is C13H27NO2. The number of hydrogen-bond donors (Lipinski definition) is 2. The molecule has 4 unspecified atom stereocenters.